The Balaban J connectivity index is 1.76. The van der Waals surface area contributed by atoms with E-state index in [0.717, 1.165) is 33.4 Å². The fourth-order valence-corrected chi connectivity index (χ4v) is 5.68. The van der Waals surface area contributed by atoms with E-state index in [2.05, 4.69) is 24.0 Å². The van der Waals surface area contributed by atoms with Crippen molar-refractivity contribution >= 4 is 57.3 Å². The molecule has 3 nitrogen and oxygen atoms in total. The number of thiocarbonyl (C=S) groups is 1. The molecule has 0 radical (unpaired) electrons. The van der Waals surface area contributed by atoms with Crippen molar-refractivity contribution in [1.82, 2.24) is 0 Å². The lowest BCUT2D eigenvalue weighted by Gasteiger charge is -2.19. The summed E-state index contributed by atoms with van der Waals surface area (Å²) in [6.07, 6.45) is 0. The minimum absolute atomic E-state index is 0.0330. The van der Waals surface area contributed by atoms with Crippen molar-refractivity contribution in [2.24, 2.45) is 0 Å². The lowest BCUT2D eigenvalue weighted by atomic mass is 10.2. The third-order valence-electron chi connectivity index (χ3n) is 4.15. The maximum atomic E-state index is 13.1. The summed E-state index contributed by atoms with van der Waals surface area (Å²) >= 11 is 8.57. The first-order chi connectivity index (χ1) is 12.1. The molecule has 2 aliphatic heterocycles. The smallest absolute Gasteiger partial charge is 0.273 e. The van der Waals surface area contributed by atoms with Gasteiger partial charge in [-0.1, -0.05) is 60.0 Å². The highest BCUT2D eigenvalue weighted by Gasteiger charge is 2.39. The van der Waals surface area contributed by atoms with Gasteiger partial charge in [-0.25, -0.2) is 0 Å². The zero-order chi connectivity index (χ0) is 17.6. The molecule has 1 fully saturated rings. The van der Waals surface area contributed by atoms with Crippen molar-refractivity contribution in [2.45, 2.75) is 18.7 Å². The number of carbonyl (C=O) groups is 1. The van der Waals surface area contributed by atoms with E-state index in [0.29, 0.717) is 4.32 Å². The second-order valence-electron chi connectivity index (χ2n) is 5.80. The van der Waals surface area contributed by atoms with Gasteiger partial charge in [0.1, 0.15) is 9.93 Å². The quantitative estimate of drug-likeness (QED) is 0.526. The predicted octanol–water partition coefficient (Wildman–Crippen LogP) is 5.16. The molecule has 1 saturated heterocycles. The lowest BCUT2D eigenvalue weighted by Crippen LogP contribution is -2.28. The highest BCUT2D eigenvalue weighted by atomic mass is 32.2. The molecule has 0 aromatic heterocycles. The van der Waals surface area contributed by atoms with Crippen LogP contribution in [-0.4, -0.2) is 16.8 Å². The van der Waals surface area contributed by atoms with Crippen LogP contribution in [0.1, 0.15) is 12.5 Å². The zero-order valence-electron chi connectivity index (χ0n) is 13.9. The molecule has 0 saturated carbocycles. The molecule has 126 valence electrons. The molecule has 2 aliphatic rings. The summed E-state index contributed by atoms with van der Waals surface area (Å²) in [5.41, 5.74) is 3.10. The number of para-hydroxylation sites is 1. The molecule has 4 rings (SSSR count). The number of amides is 1. The average Bonchev–Trinajstić information content (AvgIpc) is 3.11. The minimum Gasteiger partial charge on any atom is -0.334 e. The number of aryl methyl sites for hydroxylation is 1. The van der Waals surface area contributed by atoms with Gasteiger partial charge in [-0.15, -0.1) is 0 Å². The molecular formula is C19H16N2OS3. The van der Waals surface area contributed by atoms with Crippen molar-refractivity contribution in [3.8, 4) is 0 Å². The monoisotopic (exact) mass is 384 g/mol. The van der Waals surface area contributed by atoms with Crippen LogP contribution in [0.4, 0.5) is 11.4 Å². The minimum atomic E-state index is -0.0330. The molecule has 0 spiro atoms. The van der Waals surface area contributed by atoms with Gasteiger partial charge in [0.15, 0.2) is 4.32 Å². The summed E-state index contributed by atoms with van der Waals surface area (Å²) in [6.45, 7) is 4.93. The van der Waals surface area contributed by atoms with Gasteiger partial charge in [-0.3, -0.25) is 9.69 Å². The Labute approximate surface area is 161 Å². The maximum absolute atomic E-state index is 13.1. The number of thioether (sulfide) groups is 2. The SMILES string of the molecule is CCN1C(=C2SC(=S)N(c3cccc(C)c3)C2=O)Sc2ccccc21. The van der Waals surface area contributed by atoms with Gasteiger partial charge < -0.3 is 4.90 Å². The molecule has 0 aliphatic carbocycles. The van der Waals surface area contributed by atoms with Crippen LogP contribution in [0.2, 0.25) is 0 Å². The number of nitrogens with zero attached hydrogens (tertiary/aromatic N) is 2. The molecule has 0 bridgehead atoms. The molecular weight excluding hydrogens is 368 g/mol. The summed E-state index contributed by atoms with van der Waals surface area (Å²) in [5.74, 6) is -0.0330. The van der Waals surface area contributed by atoms with Crippen molar-refractivity contribution in [1.29, 1.82) is 0 Å². The van der Waals surface area contributed by atoms with Crippen molar-refractivity contribution in [2.75, 3.05) is 16.3 Å². The molecule has 0 N–H and O–H groups in total. The van der Waals surface area contributed by atoms with Gasteiger partial charge in [0, 0.05) is 11.4 Å². The van der Waals surface area contributed by atoms with Crippen LogP contribution in [0.15, 0.2) is 63.4 Å². The van der Waals surface area contributed by atoms with Crippen LogP contribution >= 0.6 is 35.7 Å². The van der Waals surface area contributed by atoms with Gasteiger partial charge in [-0.2, -0.15) is 0 Å². The van der Waals surface area contributed by atoms with Gasteiger partial charge in [0.05, 0.1) is 11.4 Å². The Kier molecular flexibility index (Phi) is 4.35. The van der Waals surface area contributed by atoms with Crippen LogP contribution in [0, 0.1) is 6.92 Å². The summed E-state index contributed by atoms with van der Waals surface area (Å²) in [6, 6.07) is 16.1. The highest BCUT2D eigenvalue weighted by molar-refractivity contribution is 8.27. The Morgan fingerprint density at radius 1 is 1.08 bits per heavy atom. The van der Waals surface area contributed by atoms with E-state index < -0.39 is 0 Å². The van der Waals surface area contributed by atoms with E-state index in [-0.39, 0.29) is 5.91 Å². The number of hydrogen-bond donors (Lipinski definition) is 0. The molecule has 6 heteroatoms. The van der Waals surface area contributed by atoms with Crippen LogP contribution in [0.25, 0.3) is 0 Å². The Morgan fingerprint density at radius 3 is 2.64 bits per heavy atom. The summed E-state index contributed by atoms with van der Waals surface area (Å²) in [7, 11) is 0. The van der Waals surface area contributed by atoms with E-state index in [9.17, 15) is 4.79 Å². The first-order valence-electron chi connectivity index (χ1n) is 8.01. The number of fused-ring (bicyclic) bond motifs is 1. The first kappa shape index (κ1) is 16.7. The van der Waals surface area contributed by atoms with Gasteiger partial charge in [0.2, 0.25) is 0 Å². The summed E-state index contributed by atoms with van der Waals surface area (Å²) in [4.78, 5) is 18.9. The number of carbonyl (C=O) groups excluding carboxylic acids is 1. The van der Waals surface area contributed by atoms with E-state index in [1.54, 1.807) is 16.7 Å². The van der Waals surface area contributed by atoms with Gasteiger partial charge >= 0.3 is 0 Å². The third kappa shape index (κ3) is 2.78. The van der Waals surface area contributed by atoms with E-state index in [4.69, 9.17) is 12.2 Å². The van der Waals surface area contributed by atoms with Gasteiger partial charge in [0.25, 0.3) is 5.91 Å². The van der Waals surface area contributed by atoms with Gasteiger partial charge in [-0.05, 0) is 43.7 Å². The maximum Gasteiger partial charge on any atom is 0.273 e. The fourth-order valence-electron chi connectivity index (χ4n) is 3.00. The molecule has 2 aromatic carbocycles. The lowest BCUT2D eigenvalue weighted by molar-refractivity contribution is -0.113. The Hall–Kier alpha value is -1.76. The first-order valence-corrected chi connectivity index (χ1v) is 10.1. The average molecular weight is 385 g/mol. The summed E-state index contributed by atoms with van der Waals surface area (Å²) < 4.78 is 0.589. The Morgan fingerprint density at radius 2 is 1.88 bits per heavy atom. The van der Waals surface area contributed by atoms with Crippen LogP contribution in [-0.2, 0) is 4.79 Å². The predicted molar refractivity (Wildman–Crippen MR) is 111 cm³/mol. The molecule has 0 atom stereocenters. The van der Waals surface area contributed by atoms with Crippen molar-refractivity contribution in [3.63, 3.8) is 0 Å². The fraction of sp³-hybridized carbons (Fsp3) is 0.158. The second kappa shape index (κ2) is 6.52. The van der Waals surface area contributed by atoms with Crippen molar-refractivity contribution in [3.05, 3.63) is 64.0 Å². The van der Waals surface area contributed by atoms with Crippen LogP contribution < -0.4 is 9.80 Å². The van der Waals surface area contributed by atoms with Crippen LogP contribution in [0.3, 0.4) is 0 Å². The largest absolute Gasteiger partial charge is 0.334 e. The zero-order valence-corrected chi connectivity index (χ0v) is 16.3. The molecule has 2 aromatic rings. The molecule has 25 heavy (non-hydrogen) atoms. The summed E-state index contributed by atoms with van der Waals surface area (Å²) in [5, 5.41) is 0.983. The molecule has 2 heterocycles. The number of anilines is 2. The standard InChI is InChI=1S/C19H16N2OS3/c1-3-20-14-9-4-5-10-15(14)24-18(20)16-17(22)21(19(23)25-16)13-8-6-7-12(2)11-13/h4-11H,3H2,1-2H3. The van der Waals surface area contributed by atoms with E-state index in [1.165, 1.54) is 16.7 Å². The topological polar surface area (TPSA) is 23.6 Å². The van der Waals surface area contributed by atoms with E-state index in [1.807, 2.05) is 43.3 Å². The molecule has 0 unspecified atom stereocenters. The second-order valence-corrected chi connectivity index (χ2v) is 8.47. The van der Waals surface area contributed by atoms with Crippen LogP contribution in [0.5, 0.6) is 0 Å². The molecule has 1 amide bonds. The highest BCUT2D eigenvalue weighted by Crippen LogP contribution is 2.50. The van der Waals surface area contributed by atoms with Crippen molar-refractivity contribution < 1.29 is 4.79 Å². The van der Waals surface area contributed by atoms with E-state index >= 15 is 0 Å². The Bertz CT molecular complexity index is 922. The number of benzene rings is 2. The number of hydrogen-bond acceptors (Lipinski definition) is 5. The third-order valence-corrected chi connectivity index (χ3v) is 6.82. The normalized spacial score (nSPS) is 19.8. The number of rotatable bonds is 2.